The summed E-state index contributed by atoms with van der Waals surface area (Å²) < 4.78 is 31.3. The molecule has 1 heterocycles. The van der Waals surface area contributed by atoms with E-state index in [-0.39, 0.29) is 17.0 Å². The minimum atomic E-state index is -1.19. The molecule has 0 bridgehead atoms. The van der Waals surface area contributed by atoms with E-state index in [1.165, 1.54) is 30.8 Å². The number of ether oxygens (including phenoxy) is 1. The predicted octanol–water partition coefficient (Wildman–Crippen LogP) is 3.44. The Morgan fingerprint density at radius 1 is 1.12 bits per heavy atom. The monoisotopic (exact) mass is 377 g/mol. The number of amides is 1. The molecule has 2 aromatic carbocycles. The molecule has 0 aliphatic carbocycles. The van der Waals surface area contributed by atoms with Crippen LogP contribution in [0.25, 0.3) is 0 Å². The van der Waals surface area contributed by atoms with Gasteiger partial charge >= 0.3 is 5.97 Å². The van der Waals surface area contributed by atoms with Gasteiger partial charge in [0.2, 0.25) is 11.7 Å². The highest BCUT2D eigenvalue weighted by Gasteiger charge is 2.23. The number of rotatable bonds is 4. The Morgan fingerprint density at radius 3 is 2.58 bits per heavy atom. The topological polar surface area (TPSA) is 72.5 Å². The van der Waals surface area contributed by atoms with Gasteiger partial charge in [-0.2, -0.15) is 0 Å². The van der Waals surface area contributed by atoms with Crippen LogP contribution in [0.3, 0.4) is 0 Å². The third-order valence-electron chi connectivity index (χ3n) is 3.71. The van der Waals surface area contributed by atoms with E-state index >= 15 is 0 Å². The Hall–Kier alpha value is -2.74. The van der Waals surface area contributed by atoms with Crippen molar-refractivity contribution in [2.24, 2.45) is 0 Å². The van der Waals surface area contributed by atoms with E-state index < -0.39 is 29.5 Å². The molecule has 1 aliphatic rings. The third-order valence-corrected chi connectivity index (χ3v) is 4.78. The minimum absolute atomic E-state index is 0.0988. The Labute approximate surface area is 151 Å². The molecule has 0 unspecified atom stereocenters. The number of Topliss-reactive ketones (excluding diaryl/α,β-unsaturated/α-hetero) is 1. The first-order valence-electron chi connectivity index (χ1n) is 7.62. The van der Waals surface area contributed by atoms with Crippen LogP contribution >= 0.6 is 11.8 Å². The second-order valence-corrected chi connectivity index (χ2v) is 6.61. The number of hydrogen-bond donors (Lipinski definition) is 1. The zero-order chi connectivity index (χ0) is 18.8. The number of carbonyl (C=O) groups is 3. The van der Waals surface area contributed by atoms with Crippen LogP contribution in [0.15, 0.2) is 41.3 Å². The van der Waals surface area contributed by atoms with Crippen molar-refractivity contribution in [3.63, 3.8) is 0 Å². The van der Waals surface area contributed by atoms with Gasteiger partial charge in [-0.1, -0.05) is 0 Å². The molecule has 2 aromatic rings. The third kappa shape index (κ3) is 3.75. The van der Waals surface area contributed by atoms with Crippen LogP contribution in [-0.4, -0.2) is 29.5 Å². The van der Waals surface area contributed by atoms with E-state index in [0.717, 1.165) is 23.1 Å². The smallest absolute Gasteiger partial charge is 0.338 e. The number of carbonyl (C=O) groups excluding carboxylic acids is 3. The van der Waals surface area contributed by atoms with Crippen LogP contribution in [0.5, 0.6) is 0 Å². The van der Waals surface area contributed by atoms with Crippen molar-refractivity contribution < 1.29 is 27.9 Å². The molecule has 8 heteroatoms. The number of anilines is 1. The molecule has 1 aliphatic heterocycles. The van der Waals surface area contributed by atoms with Gasteiger partial charge in [0.05, 0.1) is 17.0 Å². The molecule has 0 aromatic heterocycles. The average Bonchev–Trinajstić information content (AvgIpc) is 2.62. The number of hydrogen-bond acceptors (Lipinski definition) is 5. The normalized spacial score (nSPS) is 14.2. The van der Waals surface area contributed by atoms with Gasteiger partial charge in [-0.15, -0.1) is 11.8 Å². The van der Waals surface area contributed by atoms with Crippen LogP contribution in [-0.2, 0) is 9.53 Å². The van der Waals surface area contributed by atoms with Gasteiger partial charge in [-0.05, 0) is 43.3 Å². The fourth-order valence-corrected chi connectivity index (χ4v) is 3.16. The van der Waals surface area contributed by atoms with Crippen LogP contribution in [0.1, 0.15) is 27.6 Å². The summed E-state index contributed by atoms with van der Waals surface area (Å²) in [7, 11) is 0. The van der Waals surface area contributed by atoms with Crippen LogP contribution in [0.4, 0.5) is 14.5 Å². The Kier molecular flexibility index (Phi) is 5.03. The molecule has 134 valence electrons. The lowest BCUT2D eigenvalue weighted by Crippen LogP contribution is -2.25. The molecule has 1 amide bonds. The summed E-state index contributed by atoms with van der Waals surface area (Å²) >= 11 is 1.35. The minimum Gasteiger partial charge on any atom is -0.451 e. The SMILES string of the molecule is C[C@H](OC(=O)c1ccc2c(c1)NC(=O)CS2)C(=O)c1ccc(F)c(F)c1. The maximum Gasteiger partial charge on any atom is 0.338 e. The number of esters is 1. The summed E-state index contributed by atoms with van der Waals surface area (Å²) in [5.74, 6) is -3.51. The molecule has 26 heavy (non-hydrogen) atoms. The molecule has 5 nitrogen and oxygen atoms in total. The van der Waals surface area contributed by atoms with Crippen molar-refractivity contribution >= 4 is 35.1 Å². The standard InChI is InChI=1S/C18H13F2NO4S/c1-9(17(23)10-2-4-12(19)13(20)6-10)25-18(24)11-3-5-15-14(7-11)21-16(22)8-26-15/h2-7,9H,8H2,1H3,(H,21,22)/t9-/m0/s1. The summed E-state index contributed by atoms with van der Waals surface area (Å²) in [5, 5.41) is 2.66. The quantitative estimate of drug-likeness (QED) is 0.653. The van der Waals surface area contributed by atoms with Gasteiger partial charge < -0.3 is 10.1 Å². The van der Waals surface area contributed by atoms with E-state index in [1.54, 1.807) is 6.07 Å². The second-order valence-electron chi connectivity index (χ2n) is 5.59. The van der Waals surface area contributed by atoms with Crippen molar-refractivity contribution in [3.8, 4) is 0 Å². The summed E-state index contributed by atoms with van der Waals surface area (Å²) in [6.07, 6.45) is -1.19. The van der Waals surface area contributed by atoms with Crippen molar-refractivity contribution in [2.75, 3.05) is 11.1 Å². The maximum absolute atomic E-state index is 13.3. The van der Waals surface area contributed by atoms with Crippen molar-refractivity contribution in [3.05, 3.63) is 59.2 Å². The zero-order valence-corrected chi connectivity index (χ0v) is 14.4. The lowest BCUT2D eigenvalue weighted by atomic mass is 10.1. The van der Waals surface area contributed by atoms with E-state index in [0.29, 0.717) is 11.4 Å². The van der Waals surface area contributed by atoms with E-state index in [2.05, 4.69) is 5.32 Å². The van der Waals surface area contributed by atoms with Crippen molar-refractivity contribution in [1.82, 2.24) is 0 Å². The number of thioether (sulfide) groups is 1. The molecule has 1 atom stereocenters. The first kappa shape index (κ1) is 18.1. The first-order valence-corrected chi connectivity index (χ1v) is 8.60. The molecule has 3 rings (SSSR count). The molecule has 0 fully saturated rings. The summed E-state index contributed by atoms with van der Waals surface area (Å²) in [6, 6.07) is 7.39. The van der Waals surface area contributed by atoms with Gasteiger partial charge in [0, 0.05) is 10.5 Å². The Morgan fingerprint density at radius 2 is 1.85 bits per heavy atom. The second kappa shape index (κ2) is 7.25. The van der Waals surface area contributed by atoms with Gasteiger partial charge in [-0.25, -0.2) is 13.6 Å². The highest BCUT2D eigenvalue weighted by atomic mass is 32.2. The Balaban J connectivity index is 1.72. The molecule has 0 saturated heterocycles. The van der Waals surface area contributed by atoms with Crippen LogP contribution in [0.2, 0.25) is 0 Å². The lowest BCUT2D eigenvalue weighted by molar-refractivity contribution is -0.113. The van der Waals surface area contributed by atoms with Crippen molar-refractivity contribution in [2.45, 2.75) is 17.9 Å². The molecule has 1 N–H and O–H groups in total. The van der Waals surface area contributed by atoms with Crippen molar-refractivity contribution in [1.29, 1.82) is 0 Å². The first-order chi connectivity index (χ1) is 12.3. The molecule has 0 spiro atoms. The van der Waals surface area contributed by atoms with Gasteiger partial charge in [0.15, 0.2) is 17.7 Å². The van der Waals surface area contributed by atoms with E-state index in [9.17, 15) is 23.2 Å². The fraction of sp³-hybridized carbons (Fsp3) is 0.167. The zero-order valence-electron chi connectivity index (χ0n) is 13.5. The number of halogens is 2. The molecular formula is C18H13F2NO4S. The molecular weight excluding hydrogens is 364 g/mol. The largest absolute Gasteiger partial charge is 0.451 e. The maximum atomic E-state index is 13.3. The number of ketones is 1. The number of nitrogens with one attached hydrogen (secondary N) is 1. The van der Waals surface area contributed by atoms with Gasteiger partial charge in [0.1, 0.15) is 0 Å². The number of fused-ring (bicyclic) bond motifs is 1. The Bertz CT molecular complexity index is 916. The van der Waals surface area contributed by atoms with Crippen LogP contribution in [0, 0.1) is 11.6 Å². The molecule has 0 radical (unpaired) electrons. The highest BCUT2D eigenvalue weighted by Crippen LogP contribution is 2.32. The fourth-order valence-electron chi connectivity index (χ4n) is 2.38. The lowest BCUT2D eigenvalue weighted by Gasteiger charge is -2.17. The number of benzene rings is 2. The summed E-state index contributed by atoms with van der Waals surface area (Å²) in [6.45, 7) is 1.34. The molecule has 0 saturated carbocycles. The van der Waals surface area contributed by atoms with Crippen LogP contribution < -0.4 is 5.32 Å². The highest BCUT2D eigenvalue weighted by molar-refractivity contribution is 8.00. The predicted molar refractivity (Wildman–Crippen MR) is 91.4 cm³/mol. The van der Waals surface area contributed by atoms with Gasteiger partial charge in [-0.3, -0.25) is 9.59 Å². The summed E-state index contributed by atoms with van der Waals surface area (Å²) in [4.78, 5) is 36.7. The van der Waals surface area contributed by atoms with E-state index in [4.69, 9.17) is 4.74 Å². The average molecular weight is 377 g/mol. The summed E-state index contributed by atoms with van der Waals surface area (Å²) in [5.41, 5.74) is 0.565. The van der Waals surface area contributed by atoms with Gasteiger partial charge in [0.25, 0.3) is 0 Å². The van der Waals surface area contributed by atoms with E-state index in [1.807, 2.05) is 0 Å².